The van der Waals surface area contributed by atoms with Crippen LogP contribution in [0.2, 0.25) is 0 Å². The lowest BCUT2D eigenvalue weighted by Crippen LogP contribution is -2.72. The summed E-state index contributed by atoms with van der Waals surface area (Å²) in [5, 5.41) is 0. The van der Waals surface area contributed by atoms with Crippen LogP contribution < -0.4 is 5.73 Å². The molecule has 4 heteroatoms. The topological polar surface area (TPSA) is 49.6 Å². The molecular weight excluding hydrogens is 190 g/mol. The molecule has 88 valence electrons. The molecule has 1 saturated heterocycles. The van der Waals surface area contributed by atoms with Gasteiger partial charge in [0.15, 0.2) is 0 Å². The number of primary amides is 1. The molecule has 1 amide bonds. The molecule has 2 N–H and O–H groups in total. The van der Waals surface area contributed by atoms with E-state index in [-0.39, 0.29) is 11.4 Å². The number of nitrogens with two attached hydrogens (primary N) is 1. The van der Waals surface area contributed by atoms with Gasteiger partial charge in [0.1, 0.15) is 0 Å². The largest absolute Gasteiger partial charge is 0.368 e. The summed E-state index contributed by atoms with van der Waals surface area (Å²) in [5.74, 6) is -0.263. The van der Waals surface area contributed by atoms with Gasteiger partial charge in [-0.05, 0) is 34.4 Å². The van der Waals surface area contributed by atoms with E-state index < -0.39 is 5.54 Å². The van der Waals surface area contributed by atoms with Crippen molar-refractivity contribution in [2.45, 2.75) is 38.8 Å². The Balaban J connectivity index is 2.70. The second kappa shape index (κ2) is 3.76. The van der Waals surface area contributed by atoms with Crippen LogP contribution in [0.5, 0.6) is 0 Å². The molecule has 15 heavy (non-hydrogen) atoms. The molecule has 0 saturated carbocycles. The summed E-state index contributed by atoms with van der Waals surface area (Å²) >= 11 is 0. The van der Waals surface area contributed by atoms with Crippen LogP contribution >= 0.6 is 0 Å². The zero-order valence-electron chi connectivity index (χ0n) is 10.5. The van der Waals surface area contributed by atoms with Gasteiger partial charge in [0, 0.05) is 18.6 Å². The zero-order chi connectivity index (χ0) is 11.9. The van der Waals surface area contributed by atoms with Crippen molar-refractivity contribution in [3.63, 3.8) is 0 Å². The zero-order valence-corrected chi connectivity index (χ0v) is 10.5. The Morgan fingerprint density at radius 1 is 1.53 bits per heavy atom. The van der Waals surface area contributed by atoms with Crippen LogP contribution in [-0.2, 0) is 4.79 Å². The van der Waals surface area contributed by atoms with E-state index in [4.69, 9.17) is 5.73 Å². The molecule has 4 nitrogen and oxygen atoms in total. The van der Waals surface area contributed by atoms with Crippen LogP contribution in [-0.4, -0.2) is 53.5 Å². The third-order valence-corrected chi connectivity index (χ3v) is 3.83. The van der Waals surface area contributed by atoms with Crippen LogP contribution in [0.25, 0.3) is 0 Å². The van der Waals surface area contributed by atoms with Crippen molar-refractivity contribution >= 4 is 5.91 Å². The van der Waals surface area contributed by atoms with E-state index in [2.05, 4.69) is 23.6 Å². The number of carbonyl (C=O) groups is 1. The standard InChI is InChI=1S/C11H23N3O/c1-6-14-7-11(4,8-14)13(5)10(2,3)9(12)15/h6-8H2,1-5H3,(H2,12,15). The number of rotatable bonds is 4. The van der Waals surface area contributed by atoms with E-state index in [1.54, 1.807) is 0 Å². The fourth-order valence-corrected chi connectivity index (χ4v) is 2.19. The Kier molecular flexibility index (Phi) is 3.12. The summed E-state index contributed by atoms with van der Waals surface area (Å²) in [6, 6.07) is 0. The smallest absolute Gasteiger partial charge is 0.237 e. The fourth-order valence-electron chi connectivity index (χ4n) is 2.19. The number of amides is 1. The maximum atomic E-state index is 11.4. The van der Waals surface area contributed by atoms with E-state index in [9.17, 15) is 4.79 Å². The molecule has 0 aromatic heterocycles. The molecule has 0 aromatic carbocycles. The molecule has 0 bridgehead atoms. The SMILES string of the molecule is CCN1CC(C)(N(C)C(C)(C)C(N)=O)C1. The second-order valence-corrected chi connectivity index (χ2v) is 5.28. The van der Waals surface area contributed by atoms with Crippen molar-refractivity contribution in [2.75, 3.05) is 26.7 Å². The van der Waals surface area contributed by atoms with Crippen molar-refractivity contribution in [1.82, 2.24) is 9.80 Å². The number of nitrogens with zero attached hydrogens (tertiary/aromatic N) is 2. The quantitative estimate of drug-likeness (QED) is 0.729. The highest BCUT2D eigenvalue weighted by Crippen LogP contribution is 2.31. The first-order chi connectivity index (χ1) is 6.74. The molecule has 1 rings (SSSR count). The van der Waals surface area contributed by atoms with Gasteiger partial charge in [0.25, 0.3) is 0 Å². The molecule has 1 aliphatic heterocycles. The van der Waals surface area contributed by atoms with E-state index in [1.165, 1.54) is 0 Å². The molecule has 0 radical (unpaired) electrons. The molecule has 1 fully saturated rings. The minimum Gasteiger partial charge on any atom is -0.368 e. The fraction of sp³-hybridized carbons (Fsp3) is 0.909. The third-order valence-electron chi connectivity index (χ3n) is 3.83. The predicted octanol–water partition coefficient (Wildman–Crippen LogP) is 0.276. The molecule has 0 atom stereocenters. The summed E-state index contributed by atoms with van der Waals surface area (Å²) in [6.07, 6.45) is 0. The van der Waals surface area contributed by atoms with Gasteiger partial charge in [0.2, 0.25) is 5.91 Å². The summed E-state index contributed by atoms with van der Waals surface area (Å²) < 4.78 is 0. The normalized spacial score (nSPS) is 21.5. The predicted molar refractivity (Wildman–Crippen MR) is 61.6 cm³/mol. The van der Waals surface area contributed by atoms with Crippen LogP contribution in [0.4, 0.5) is 0 Å². The molecule has 0 aromatic rings. The van der Waals surface area contributed by atoms with Gasteiger partial charge < -0.3 is 5.73 Å². The average molecular weight is 213 g/mol. The first-order valence-electron chi connectivity index (χ1n) is 5.50. The molecule has 0 spiro atoms. The van der Waals surface area contributed by atoms with Gasteiger partial charge in [-0.3, -0.25) is 14.6 Å². The summed E-state index contributed by atoms with van der Waals surface area (Å²) in [7, 11) is 1.98. The van der Waals surface area contributed by atoms with Crippen molar-refractivity contribution in [1.29, 1.82) is 0 Å². The van der Waals surface area contributed by atoms with Gasteiger partial charge in [0.05, 0.1) is 5.54 Å². The Labute approximate surface area is 92.4 Å². The number of carbonyl (C=O) groups excluding carboxylic acids is 1. The highest BCUT2D eigenvalue weighted by molar-refractivity contribution is 5.83. The minimum atomic E-state index is -0.575. The maximum absolute atomic E-state index is 11.4. The lowest BCUT2D eigenvalue weighted by atomic mass is 9.85. The monoisotopic (exact) mass is 213 g/mol. The van der Waals surface area contributed by atoms with Crippen LogP contribution in [0.1, 0.15) is 27.7 Å². The van der Waals surface area contributed by atoms with E-state index >= 15 is 0 Å². The number of hydrogen-bond donors (Lipinski definition) is 1. The third kappa shape index (κ3) is 2.01. The van der Waals surface area contributed by atoms with Gasteiger partial charge in [-0.25, -0.2) is 0 Å². The Morgan fingerprint density at radius 2 is 2.00 bits per heavy atom. The summed E-state index contributed by atoms with van der Waals surface area (Å²) in [4.78, 5) is 15.8. The number of likely N-dealkylation sites (tertiary alicyclic amines) is 1. The highest BCUT2D eigenvalue weighted by Gasteiger charge is 2.47. The van der Waals surface area contributed by atoms with E-state index in [0.29, 0.717) is 0 Å². The molecule has 1 aliphatic rings. The summed E-state index contributed by atoms with van der Waals surface area (Å²) in [5.41, 5.74) is 4.92. The highest BCUT2D eigenvalue weighted by atomic mass is 16.1. The number of likely N-dealkylation sites (N-methyl/N-ethyl adjacent to an activating group) is 2. The van der Waals surface area contributed by atoms with E-state index in [1.807, 2.05) is 20.9 Å². The average Bonchev–Trinajstić information content (AvgIpc) is 2.11. The van der Waals surface area contributed by atoms with Gasteiger partial charge in [-0.2, -0.15) is 0 Å². The van der Waals surface area contributed by atoms with Crippen molar-refractivity contribution in [2.24, 2.45) is 5.73 Å². The molecule has 1 heterocycles. The van der Waals surface area contributed by atoms with Gasteiger partial charge in [-0.15, -0.1) is 0 Å². The lowest BCUT2D eigenvalue weighted by molar-refractivity contribution is -0.137. The van der Waals surface area contributed by atoms with Crippen molar-refractivity contribution in [3.05, 3.63) is 0 Å². The second-order valence-electron chi connectivity index (χ2n) is 5.28. The van der Waals surface area contributed by atoms with Gasteiger partial charge >= 0.3 is 0 Å². The lowest BCUT2D eigenvalue weighted by Gasteiger charge is -2.56. The minimum absolute atomic E-state index is 0.0779. The van der Waals surface area contributed by atoms with Crippen molar-refractivity contribution < 1.29 is 4.79 Å². The maximum Gasteiger partial charge on any atom is 0.237 e. The first kappa shape index (κ1) is 12.5. The van der Waals surface area contributed by atoms with Crippen LogP contribution in [0, 0.1) is 0 Å². The Hall–Kier alpha value is -0.610. The van der Waals surface area contributed by atoms with E-state index in [0.717, 1.165) is 19.6 Å². The molecule has 0 unspecified atom stereocenters. The first-order valence-corrected chi connectivity index (χ1v) is 5.50. The Bertz CT molecular complexity index is 257. The number of hydrogen-bond acceptors (Lipinski definition) is 3. The van der Waals surface area contributed by atoms with Gasteiger partial charge in [-0.1, -0.05) is 6.92 Å². The summed E-state index contributed by atoms with van der Waals surface area (Å²) in [6.45, 7) is 11.2. The van der Waals surface area contributed by atoms with Crippen molar-refractivity contribution in [3.8, 4) is 0 Å². The molecule has 0 aliphatic carbocycles. The molecular formula is C11H23N3O. The van der Waals surface area contributed by atoms with Crippen LogP contribution in [0.3, 0.4) is 0 Å². The van der Waals surface area contributed by atoms with Crippen LogP contribution in [0.15, 0.2) is 0 Å². The Morgan fingerprint density at radius 3 is 2.33 bits per heavy atom.